The van der Waals surface area contributed by atoms with Gasteiger partial charge in [-0.1, -0.05) is 0 Å². The fourth-order valence-corrected chi connectivity index (χ4v) is 6.83. The zero-order chi connectivity index (χ0) is 31.0. The molecule has 4 aliphatic rings. The van der Waals surface area contributed by atoms with Gasteiger partial charge in [0.2, 0.25) is 11.8 Å². The van der Waals surface area contributed by atoms with Gasteiger partial charge in [0.15, 0.2) is 0 Å². The molecule has 3 fully saturated rings. The number of carbonyl (C=O) groups is 4. The second kappa shape index (κ2) is 12.2. The highest BCUT2D eigenvalue weighted by Gasteiger charge is 2.39. The predicted molar refractivity (Wildman–Crippen MR) is 168 cm³/mol. The second-order valence-corrected chi connectivity index (χ2v) is 13.5. The molecular formula is C34H43N5O5. The van der Waals surface area contributed by atoms with Gasteiger partial charge in [0.05, 0.1) is 5.56 Å². The van der Waals surface area contributed by atoms with Crippen LogP contribution < -0.4 is 15.1 Å². The van der Waals surface area contributed by atoms with E-state index in [1.165, 1.54) is 0 Å². The van der Waals surface area contributed by atoms with Crippen molar-refractivity contribution in [1.82, 2.24) is 15.1 Å². The summed E-state index contributed by atoms with van der Waals surface area (Å²) in [6.07, 6.45) is 2.94. The fraction of sp³-hybridized carbons (Fsp3) is 0.529. The third-order valence-electron chi connectivity index (χ3n) is 9.24. The van der Waals surface area contributed by atoms with Crippen LogP contribution in [0.2, 0.25) is 0 Å². The monoisotopic (exact) mass is 601 g/mol. The lowest BCUT2D eigenvalue weighted by atomic mass is 9.95. The van der Waals surface area contributed by atoms with Gasteiger partial charge in [-0.3, -0.25) is 24.6 Å². The van der Waals surface area contributed by atoms with Crippen molar-refractivity contribution in [1.29, 1.82) is 0 Å². The summed E-state index contributed by atoms with van der Waals surface area (Å²) >= 11 is 0. The van der Waals surface area contributed by atoms with Crippen molar-refractivity contribution in [2.24, 2.45) is 5.92 Å². The summed E-state index contributed by atoms with van der Waals surface area (Å²) in [6, 6.07) is 13.2. The van der Waals surface area contributed by atoms with E-state index in [9.17, 15) is 19.2 Å². The zero-order valence-electron chi connectivity index (χ0n) is 26.0. The molecule has 10 heteroatoms. The highest BCUT2D eigenvalue weighted by molar-refractivity contribution is 6.05. The number of ether oxygens (including phenoxy) is 1. The van der Waals surface area contributed by atoms with Crippen LogP contribution in [0.15, 0.2) is 42.5 Å². The van der Waals surface area contributed by atoms with Crippen LogP contribution in [0, 0.1) is 5.92 Å². The van der Waals surface area contributed by atoms with Crippen LogP contribution >= 0.6 is 0 Å². The number of amides is 3. The number of nitrogens with one attached hydrogen (secondary N) is 1. The van der Waals surface area contributed by atoms with Gasteiger partial charge in [-0.25, -0.2) is 4.79 Å². The van der Waals surface area contributed by atoms with Gasteiger partial charge in [0.1, 0.15) is 11.6 Å². The molecule has 10 nitrogen and oxygen atoms in total. The molecule has 0 saturated carbocycles. The standard InChI is InChI=1S/C34H43N5O5/c1-34(2,3)44-33(43)24-4-6-26(7-5-24)37-14-12-23(13-15-37)21-36-16-18-38(19-17-36)27-8-9-28-25(20-27)22-39(32(28)42)29-10-11-30(40)35-31(29)41/h4-9,20,23,29H,10-19,21-22H2,1-3H3,(H,35,40,41). The lowest BCUT2D eigenvalue weighted by Gasteiger charge is -2.40. The first-order valence-electron chi connectivity index (χ1n) is 15.9. The summed E-state index contributed by atoms with van der Waals surface area (Å²) < 4.78 is 5.48. The fourth-order valence-electron chi connectivity index (χ4n) is 6.83. The van der Waals surface area contributed by atoms with Gasteiger partial charge in [-0.15, -0.1) is 0 Å². The molecule has 0 aliphatic carbocycles. The zero-order valence-corrected chi connectivity index (χ0v) is 26.0. The second-order valence-electron chi connectivity index (χ2n) is 13.5. The van der Waals surface area contributed by atoms with E-state index in [1.807, 2.05) is 57.2 Å². The number of anilines is 2. The number of imide groups is 1. The molecule has 44 heavy (non-hydrogen) atoms. The molecule has 3 saturated heterocycles. The first-order valence-corrected chi connectivity index (χ1v) is 15.9. The maximum atomic E-state index is 13.0. The van der Waals surface area contributed by atoms with Gasteiger partial charge in [0.25, 0.3) is 5.91 Å². The van der Waals surface area contributed by atoms with Crippen LogP contribution in [0.25, 0.3) is 0 Å². The van der Waals surface area contributed by atoms with E-state index in [0.717, 1.165) is 75.6 Å². The Hall–Kier alpha value is -3.92. The van der Waals surface area contributed by atoms with Crippen molar-refractivity contribution in [3.63, 3.8) is 0 Å². The minimum Gasteiger partial charge on any atom is -0.456 e. The molecule has 1 N–H and O–H groups in total. The number of benzene rings is 2. The van der Waals surface area contributed by atoms with E-state index >= 15 is 0 Å². The molecule has 3 amide bonds. The molecule has 4 heterocycles. The van der Waals surface area contributed by atoms with Gasteiger partial charge < -0.3 is 19.4 Å². The highest BCUT2D eigenvalue weighted by atomic mass is 16.6. The summed E-state index contributed by atoms with van der Waals surface area (Å²) in [5.41, 5.74) is 3.96. The Bertz CT molecular complexity index is 1420. The number of rotatable bonds is 6. The highest BCUT2D eigenvalue weighted by Crippen LogP contribution is 2.31. The largest absolute Gasteiger partial charge is 0.456 e. The molecule has 0 radical (unpaired) electrons. The third kappa shape index (κ3) is 6.60. The van der Waals surface area contributed by atoms with E-state index in [2.05, 4.69) is 26.1 Å². The Morgan fingerprint density at radius 2 is 1.52 bits per heavy atom. The van der Waals surface area contributed by atoms with Gasteiger partial charge in [-0.05, 0) is 94.0 Å². The number of esters is 1. The lowest BCUT2D eigenvalue weighted by Crippen LogP contribution is -2.52. The van der Waals surface area contributed by atoms with E-state index < -0.39 is 11.6 Å². The van der Waals surface area contributed by atoms with Crippen molar-refractivity contribution >= 4 is 35.1 Å². The lowest BCUT2D eigenvalue weighted by molar-refractivity contribution is -0.136. The number of piperidine rings is 2. The first-order chi connectivity index (χ1) is 21.0. The molecular weight excluding hydrogens is 558 g/mol. The first kappa shape index (κ1) is 30.1. The minimum absolute atomic E-state index is 0.130. The molecule has 2 aromatic rings. The van der Waals surface area contributed by atoms with Crippen molar-refractivity contribution in [2.45, 2.75) is 64.6 Å². The van der Waals surface area contributed by atoms with E-state index in [0.29, 0.717) is 30.0 Å². The van der Waals surface area contributed by atoms with Crippen LogP contribution in [0.1, 0.15) is 72.7 Å². The number of fused-ring (bicyclic) bond motifs is 1. The molecule has 6 rings (SSSR count). The minimum atomic E-state index is -0.587. The van der Waals surface area contributed by atoms with Crippen LogP contribution in [0.3, 0.4) is 0 Å². The molecule has 1 unspecified atom stereocenters. The van der Waals surface area contributed by atoms with Gasteiger partial charge in [-0.2, -0.15) is 0 Å². The summed E-state index contributed by atoms with van der Waals surface area (Å²) in [6.45, 7) is 13.1. The molecule has 0 bridgehead atoms. The van der Waals surface area contributed by atoms with Gasteiger partial charge >= 0.3 is 5.97 Å². The van der Waals surface area contributed by atoms with Crippen molar-refractivity contribution in [3.8, 4) is 0 Å². The van der Waals surface area contributed by atoms with Crippen molar-refractivity contribution in [2.75, 3.05) is 55.6 Å². The molecule has 234 valence electrons. The summed E-state index contributed by atoms with van der Waals surface area (Å²) in [5, 5.41) is 2.37. The van der Waals surface area contributed by atoms with Crippen LogP contribution in [-0.2, 0) is 20.9 Å². The number of nitrogens with zero attached hydrogens (tertiary/aromatic N) is 4. The predicted octanol–water partition coefficient (Wildman–Crippen LogP) is 3.44. The van der Waals surface area contributed by atoms with E-state index in [1.54, 1.807) is 4.90 Å². The normalized spacial score (nSPS) is 21.8. The maximum absolute atomic E-state index is 13.0. The molecule has 0 spiro atoms. The van der Waals surface area contributed by atoms with Gasteiger partial charge in [0, 0.05) is 75.7 Å². The Morgan fingerprint density at radius 3 is 2.18 bits per heavy atom. The van der Waals surface area contributed by atoms with Crippen LogP contribution in [0.5, 0.6) is 0 Å². The van der Waals surface area contributed by atoms with E-state index in [4.69, 9.17) is 4.74 Å². The number of hydrogen-bond donors (Lipinski definition) is 1. The van der Waals surface area contributed by atoms with Crippen molar-refractivity contribution in [3.05, 3.63) is 59.2 Å². The quantitative estimate of drug-likeness (QED) is 0.397. The number of piperazine rings is 1. The van der Waals surface area contributed by atoms with Crippen molar-refractivity contribution < 1.29 is 23.9 Å². The third-order valence-corrected chi connectivity index (χ3v) is 9.24. The summed E-state index contributed by atoms with van der Waals surface area (Å²) in [4.78, 5) is 58.3. The average Bonchev–Trinajstić information content (AvgIpc) is 3.32. The molecule has 0 aromatic heterocycles. The topological polar surface area (TPSA) is 102 Å². The molecule has 1 atom stereocenters. The maximum Gasteiger partial charge on any atom is 0.338 e. The SMILES string of the molecule is CC(C)(C)OC(=O)c1ccc(N2CCC(CN3CCN(c4ccc5c(c4)CN(C4CCC(=O)NC4=O)C5=O)CC3)CC2)cc1. The van der Waals surface area contributed by atoms with Crippen LogP contribution in [0.4, 0.5) is 11.4 Å². The van der Waals surface area contributed by atoms with Crippen LogP contribution in [-0.4, -0.2) is 90.9 Å². The number of hydrogen-bond acceptors (Lipinski definition) is 8. The van der Waals surface area contributed by atoms with E-state index in [-0.39, 0.29) is 30.1 Å². The smallest absolute Gasteiger partial charge is 0.338 e. The Labute approximate surface area is 259 Å². The number of carbonyl (C=O) groups excluding carboxylic acids is 4. The Balaban J connectivity index is 0.961. The summed E-state index contributed by atoms with van der Waals surface area (Å²) in [5.74, 6) is -0.396. The Morgan fingerprint density at radius 1 is 0.864 bits per heavy atom. The summed E-state index contributed by atoms with van der Waals surface area (Å²) in [7, 11) is 0. The molecule has 4 aliphatic heterocycles. The Kier molecular flexibility index (Phi) is 8.37. The molecule has 2 aromatic carbocycles. The average molecular weight is 602 g/mol.